The van der Waals surface area contributed by atoms with Crippen molar-refractivity contribution in [1.82, 2.24) is 0 Å². The molecule has 1 atom stereocenters. The van der Waals surface area contributed by atoms with E-state index in [9.17, 15) is 13.2 Å². The lowest BCUT2D eigenvalue weighted by Gasteiger charge is -2.24. The standard InChI is InChI=1S/C10H24O5SSi2/c1-8-9(10(11)14-17(2,3)4)16(12,13)15-18(5,6)7/h9H,8H2,1-7H3. The van der Waals surface area contributed by atoms with Gasteiger partial charge in [-0.25, -0.2) is 0 Å². The van der Waals surface area contributed by atoms with Gasteiger partial charge in [-0.1, -0.05) is 6.92 Å². The predicted octanol–water partition coefficient (Wildman–Crippen LogP) is 2.32. The van der Waals surface area contributed by atoms with Gasteiger partial charge < -0.3 is 8.30 Å². The highest BCUT2D eigenvalue weighted by Crippen LogP contribution is 2.18. The lowest BCUT2D eigenvalue weighted by atomic mass is 10.3. The van der Waals surface area contributed by atoms with Gasteiger partial charge in [0.2, 0.25) is 16.6 Å². The normalized spacial score (nSPS) is 15.3. The van der Waals surface area contributed by atoms with Crippen LogP contribution in [0.5, 0.6) is 0 Å². The SMILES string of the molecule is CCC(C(=O)O[Si](C)(C)C)S(=O)(=O)O[Si](C)(C)C. The van der Waals surface area contributed by atoms with Crippen LogP contribution in [0.2, 0.25) is 39.3 Å². The van der Waals surface area contributed by atoms with Crippen molar-refractivity contribution in [2.45, 2.75) is 57.9 Å². The van der Waals surface area contributed by atoms with E-state index < -0.39 is 38.0 Å². The van der Waals surface area contributed by atoms with Gasteiger partial charge in [0.05, 0.1) is 0 Å². The Bertz CT molecular complexity index is 391. The Balaban J connectivity index is 5.04. The Labute approximate surface area is 112 Å². The molecule has 0 aromatic carbocycles. The van der Waals surface area contributed by atoms with E-state index in [4.69, 9.17) is 8.30 Å². The molecule has 0 aliphatic carbocycles. The van der Waals surface area contributed by atoms with Crippen LogP contribution in [0.1, 0.15) is 13.3 Å². The van der Waals surface area contributed by atoms with Crippen LogP contribution in [0.15, 0.2) is 0 Å². The fourth-order valence-electron chi connectivity index (χ4n) is 1.26. The molecular weight excluding hydrogens is 288 g/mol. The third-order valence-corrected chi connectivity index (χ3v) is 6.72. The molecule has 0 aliphatic rings. The first-order valence-electron chi connectivity index (χ1n) is 5.96. The van der Waals surface area contributed by atoms with Crippen molar-refractivity contribution >= 4 is 32.7 Å². The molecule has 0 spiro atoms. The van der Waals surface area contributed by atoms with Crippen molar-refractivity contribution in [2.24, 2.45) is 0 Å². The van der Waals surface area contributed by atoms with Crippen LogP contribution in [0, 0.1) is 0 Å². The molecule has 0 aromatic rings. The zero-order chi connectivity index (χ0) is 14.8. The van der Waals surface area contributed by atoms with Crippen molar-refractivity contribution < 1.29 is 21.5 Å². The molecule has 0 amide bonds. The van der Waals surface area contributed by atoms with Crippen molar-refractivity contribution in [3.8, 4) is 0 Å². The lowest BCUT2D eigenvalue weighted by molar-refractivity contribution is -0.134. The Morgan fingerprint density at radius 1 is 1.06 bits per heavy atom. The molecule has 0 bridgehead atoms. The average Bonchev–Trinajstić information content (AvgIpc) is 1.94. The summed E-state index contributed by atoms with van der Waals surface area (Å²) in [7, 11) is -8.25. The van der Waals surface area contributed by atoms with Gasteiger partial charge >= 0.3 is 5.97 Å². The number of carbonyl (C=O) groups excluding carboxylic acids is 1. The van der Waals surface area contributed by atoms with Gasteiger partial charge in [0, 0.05) is 0 Å². The fourth-order valence-corrected chi connectivity index (χ4v) is 6.04. The number of rotatable bonds is 6. The smallest absolute Gasteiger partial charge is 0.313 e. The van der Waals surface area contributed by atoms with Gasteiger partial charge in [-0.05, 0) is 45.7 Å². The number of carbonyl (C=O) groups is 1. The monoisotopic (exact) mass is 312 g/mol. The van der Waals surface area contributed by atoms with E-state index >= 15 is 0 Å². The van der Waals surface area contributed by atoms with Crippen LogP contribution in [0.25, 0.3) is 0 Å². The second-order valence-corrected chi connectivity index (χ2v) is 17.0. The Morgan fingerprint density at radius 2 is 1.50 bits per heavy atom. The van der Waals surface area contributed by atoms with Gasteiger partial charge in [0.1, 0.15) is 0 Å². The van der Waals surface area contributed by atoms with Crippen molar-refractivity contribution in [3.05, 3.63) is 0 Å². The summed E-state index contributed by atoms with van der Waals surface area (Å²) in [4.78, 5) is 11.9. The Hall–Kier alpha value is -0.186. The molecule has 0 aliphatic heterocycles. The largest absolute Gasteiger partial charge is 0.519 e. The predicted molar refractivity (Wildman–Crippen MR) is 76.9 cm³/mol. The van der Waals surface area contributed by atoms with Crippen molar-refractivity contribution in [3.63, 3.8) is 0 Å². The van der Waals surface area contributed by atoms with E-state index in [-0.39, 0.29) is 6.42 Å². The average molecular weight is 313 g/mol. The minimum atomic E-state index is -3.89. The van der Waals surface area contributed by atoms with Gasteiger partial charge in [-0.3, -0.25) is 4.79 Å². The molecule has 8 heteroatoms. The Kier molecular flexibility index (Phi) is 5.79. The Morgan fingerprint density at radius 3 is 1.78 bits per heavy atom. The van der Waals surface area contributed by atoms with Gasteiger partial charge in [0.15, 0.2) is 5.25 Å². The minimum absolute atomic E-state index is 0.163. The molecule has 0 fully saturated rings. The molecule has 0 aromatic heterocycles. The molecule has 0 radical (unpaired) electrons. The topological polar surface area (TPSA) is 69.7 Å². The zero-order valence-corrected chi connectivity index (χ0v) is 15.1. The second-order valence-electron chi connectivity index (χ2n) is 6.12. The highest BCUT2D eigenvalue weighted by molar-refractivity contribution is 7.89. The number of hydrogen-bond acceptors (Lipinski definition) is 5. The number of hydrogen-bond donors (Lipinski definition) is 0. The lowest BCUT2D eigenvalue weighted by Crippen LogP contribution is -2.42. The summed E-state index contributed by atoms with van der Waals surface area (Å²) in [5.74, 6) is -0.685. The van der Waals surface area contributed by atoms with Crippen LogP contribution < -0.4 is 0 Å². The van der Waals surface area contributed by atoms with Crippen LogP contribution >= 0.6 is 0 Å². The summed E-state index contributed by atoms with van der Waals surface area (Å²) in [6.07, 6.45) is 0.163. The van der Waals surface area contributed by atoms with E-state index in [0.717, 1.165) is 0 Å². The fraction of sp³-hybridized carbons (Fsp3) is 0.900. The van der Waals surface area contributed by atoms with Crippen LogP contribution in [0.3, 0.4) is 0 Å². The van der Waals surface area contributed by atoms with E-state index in [1.54, 1.807) is 26.6 Å². The first kappa shape index (κ1) is 17.8. The minimum Gasteiger partial charge on any atom is -0.519 e. The molecule has 0 N–H and O–H groups in total. The molecule has 0 heterocycles. The molecule has 1 unspecified atom stereocenters. The van der Waals surface area contributed by atoms with Crippen molar-refractivity contribution in [1.29, 1.82) is 0 Å². The quantitative estimate of drug-likeness (QED) is 0.704. The molecule has 0 rings (SSSR count). The molecule has 0 saturated heterocycles. The van der Waals surface area contributed by atoms with E-state index in [2.05, 4.69) is 0 Å². The summed E-state index contributed by atoms with van der Waals surface area (Å²) >= 11 is 0. The zero-order valence-electron chi connectivity index (χ0n) is 12.2. The van der Waals surface area contributed by atoms with E-state index in [1.807, 2.05) is 19.6 Å². The molecule has 5 nitrogen and oxygen atoms in total. The van der Waals surface area contributed by atoms with Gasteiger partial charge in [-0.2, -0.15) is 8.42 Å². The van der Waals surface area contributed by atoms with E-state index in [1.165, 1.54) is 0 Å². The third-order valence-electron chi connectivity index (χ3n) is 1.76. The maximum atomic E-state index is 12.0. The molecule has 18 heavy (non-hydrogen) atoms. The highest BCUT2D eigenvalue weighted by atomic mass is 32.2. The first-order chi connectivity index (χ1) is 7.78. The first-order valence-corrected chi connectivity index (χ1v) is 14.2. The molecule has 108 valence electrons. The van der Waals surface area contributed by atoms with Crippen LogP contribution in [-0.2, 0) is 23.2 Å². The second kappa shape index (κ2) is 5.85. The van der Waals surface area contributed by atoms with E-state index in [0.29, 0.717) is 0 Å². The summed E-state index contributed by atoms with van der Waals surface area (Å²) in [5, 5.41) is -1.21. The maximum absolute atomic E-state index is 12.0. The van der Waals surface area contributed by atoms with Crippen LogP contribution in [-0.4, -0.2) is 36.3 Å². The molecule has 0 saturated carbocycles. The van der Waals surface area contributed by atoms with Gasteiger partial charge in [-0.15, -0.1) is 0 Å². The summed E-state index contributed by atoms with van der Waals surface area (Å²) in [6.45, 7) is 12.4. The summed E-state index contributed by atoms with van der Waals surface area (Å²) in [5.41, 5.74) is 0. The molecular formula is C10H24O5SSi2. The van der Waals surface area contributed by atoms with Crippen LogP contribution in [0.4, 0.5) is 0 Å². The summed E-state index contributed by atoms with van der Waals surface area (Å²) in [6, 6.07) is 0. The third kappa shape index (κ3) is 6.67. The van der Waals surface area contributed by atoms with Crippen molar-refractivity contribution in [2.75, 3.05) is 0 Å². The maximum Gasteiger partial charge on any atom is 0.313 e. The highest BCUT2D eigenvalue weighted by Gasteiger charge is 2.38. The van der Waals surface area contributed by atoms with Gasteiger partial charge in [0.25, 0.3) is 10.1 Å². The summed E-state index contributed by atoms with van der Waals surface area (Å²) < 4.78 is 34.5.